The summed E-state index contributed by atoms with van der Waals surface area (Å²) in [5.41, 5.74) is 14.0. The fourth-order valence-electron chi connectivity index (χ4n) is 4.88. The average molecular weight is 611 g/mol. The van der Waals surface area contributed by atoms with Gasteiger partial charge in [0.05, 0.1) is 43.8 Å². The third-order valence-electron chi connectivity index (χ3n) is 7.42. The van der Waals surface area contributed by atoms with Gasteiger partial charge in [-0.3, -0.25) is 4.57 Å². The molecule has 0 atom stereocenters. The molecule has 0 bridgehead atoms. The van der Waals surface area contributed by atoms with Gasteiger partial charge in [-0.2, -0.15) is 0 Å². The Bertz CT molecular complexity index is 1910. The van der Waals surface area contributed by atoms with Gasteiger partial charge in [-0.25, -0.2) is 9.98 Å². The van der Waals surface area contributed by atoms with Gasteiger partial charge in [0.1, 0.15) is 28.9 Å². The van der Waals surface area contributed by atoms with Crippen LogP contribution in [-0.4, -0.2) is 36.7 Å². The Morgan fingerprint density at radius 1 is 0.652 bits per heavy atom. The molecule has 0 unspecified atom stereocenters. The first-order valence-corrected chi connectivity index (χ1v) is 14.9. The summed E-state index contributed by atoms with van der Waals surface area (Å²) in [5, 5.41) is 0. The molecule has 232 valence electrons. The number of nitrogens with two attached hydrogens (primary N) is 1. The molecule has 0 radical (unpaired) electrons. The molecule has 6 rings (SSSR count). The second kappa shape index (κ2) is 14.8. The van der Waals surface area contributed by atoms with E-state index < -0.39 is 0 Å². The number of methoxy groups -OCH3 is 3. The molecule has 46 heavy (non-hydrogen) atoms. The van der Waals surface area contributed by atoms with Gasteiger partial charge in [0.2, 0.25) is 0 Å². The number of amidine groups is 1. The first kappa shape index (κ1) is 31.6. The number of para-hydroxylation sites is 2. The number of nitrogens with zero attached hydrogens (tertiary/aromatic N) is 3. The maximum Gasteiger partial charge on any atom is 0.148 e. The van der Waals surface area contributed by atoms with Crippen LogP contribution in [0.3, 0.4) is 0 Å². The minimum atomic E-state index is 0.455. The first-order valence-electron chi connectivity index (χ1n) is 14.9. The number of hydrogen-bond acceptors (Lipinski definition) is 5. The van der Waals surface area contributed by atoms with Gasteiger partial charge in [-0.15, -0.1) is 0 Å². The van der Waals surface area contributed by atoms with Gasteiger partial charge in [0, 0.05) is 17.4 Å². The van der Waals surface area contributed by atoms with E-state index in [4.69, 9.17) is 24.9 Å². The predicted octanol–water partition coefficient (Wildman–Crippen LogP) is 8.57. The maximum atomic E-state index is 6.01. The largest absolute Gasteiger partial charge is 0.497 e. The summed E-state index contributed by atoms with van der Waals surface area (Å²) in [4.78, 5) is 9.35. The van der Waals surface area contributed by atoms with Crippen LogP contribution in [0.4, 0.5) is 5.69 Å². The van der Waals surface area contributed by atoms with E-state index in [0.717, 1.165) is 56.8 Å². The zero-order valence-corrected chi connectivity index (χ0v) is 26.8. The zero-order valence-electron chi connectivity index (χ0n) is 26.8. The Morgan fingerprint density at radius 3 is 1.87 bits per heavy atom. The number of aliphatic imine (C=N–C) groups is 1. The molecular formula is C39H38N4O3. The Labute approximate surface area is 270 Å². The van der Waals surface area contributed by atoms with Crippen molar-refractivity contribution in [1.82, 2.24) is 9.55 Å². The molecule has 2 N–H and O–H groups in total. The number of imidazole rings is 1. The van der Waals surface area contributed by atoms with Gasteiger partial charge in [0.25, 0.3) is 0 Å². The summed E-state index contributed by atoms with van der Waals surface area (Å²) in [6, 6.07) is 39.8. The third kappa shape index (κ3) is 7.45. The number of aryl methyl sites for hydroxylation is 2. The maximum absolute atomic E-state index is 6.01. The van der Waals surface area contributed by atoms with Crippen LogP contribution in [0, 0.1) is 13.8 Å². The second-order valence-corrected chi connectivity index (χ2v) is 10.6. The van der Waals surface area contributed by atoms with E-state index in [-0.39, 0.29) is 0 Å². The molecule has 7 heteroatoms. The van der Waals surface area contributed by atoms with Crippen molar-refractivity contribution in [3.8, 4) is 45.6 Å². The van der Waals surface area contributed by atoms with E-state index in [1.807, 2.05) is 104 Å². The van der Waals surface area contributed by atoms with Gasteiger partial charge >= 0.3 is 0 Å². The van der Waals surface area contributed by atoms with Crippen LogP contribution in [0.1, 0.15) is 16.7 Å². The van der Waals surface area contributed by atoms with Gasteiger partial charge in [-0.1, -0.05) is 59.7 Å². The highest BCUT2D eigenvalue weighted by molar-refractivity contribution is 6.01. The summed E-state index contributed by atoms with van der Waals surface area (Å²) < 4.78 is 18.2. The number of aromatic nitrogens is 2. The lowest BCUT2D eigenvalue weighted by Gasteiger charge is -2.11. The van der Waals surface area contributed by atoms with Crippen molar-refractivity contribution >= 4 is 11.5 Å². The topological polar surface area (TPSA) is 83.9 Å². The van der Waals surface area contributed by atoms with Crippen LogP contribution >= 0.6 is 0 Å². The molecule has 1 heterocycles. The van der Waals surface area contributed by atoms with Crippen LogP contribution in [0.5, 0.6) is 17.2 Å². The summed E-state index contributed by atoms with van der Waals surface area (Å²) in [7, 11) is 4.97. The number of rotatable bonds is 8. The minimum Gasteiger partial charge on any atom is -0.497 e. The van der Waals surface area contributed by atoms with E-state index in [1.165, 1.54) is 11.1 Å². The van der Waals surface area contributed by atoms with E-state index >= 15 is 0 Å². The van der Waals surface area contributed by atoms with Crippen molar-refractivity contribution in [2.75, 3.05) is 21.3 Å². The number of hydrogen-bond donors (Lipinski definition) is 1. The quantitative estimate of drug-likeness (QED) is 0.138. The molecule has 0 aliphatic rings. The smallest absolute Gasteiger partial charge is 0.148 e. The van der Waals surface area contributed by atoms with Crippen LogP contribution < -0.4 is 19.9 Å². The molecule has 0 spiro atoms. The molecular weight excluding hydrogens is 572 g/mol. The second-order valence-electron chi connectivity index (χ2n) is 10.6. The highest BCUT2D eigenvalue weighted by Crippen LogP contribution is 2.33. The van der Waals surface area contributed by atoms with Gasteiger partial charge < -0.3 is 19.9 Å². The lowest BCUT2D eigenvalue weighted by atomic mass is 10.1. The average Bonchev–Trinajstić information content (AvgIpc) is 3.55. The fourth-order valence-corrected chi connectivity index (χ4v) is 4.88. The SMILES string of the molecule is COc1ccc(-c2cn(-c3ccc(C)cc3)c(-c3ccccc3OC)n2)cc1.COc1ccccc1C(N)=Nc1ccc(C)cc1. The molecule has 0 amide bonds. The van der Waals surface area contributed by atoms with Crippen molar-refractivity contribution < 1.29 is 14.2 Å². The monoisotopic (exact) mass is 610 g/mol. The van der Waals surface area contributed by atoms with E-state index in [2.05, 4.69) is 46.9 Å². The van der Waals surface area contributed by atoms with Crippen LogP contribution in [0.2, 0.25) is 0 Å². The first-order chi connectivity index (χ1) is 22.4. The van der Waals surface area contributed by atoms with Crippen molar-refractivity contribution in [2.24, 2.45) is 10.7 Å². The predicted molar refractivity (Wildman–Crippen MR) is 187 cm³/mol. The standard InChI is InChI=1S/C24H22N2O2.C15H16N2O/c1-17-8-12-19(13-9-17)26-16-22(18-10-14-20(27-2)15-11-18)25-24(26)21-6-4-5-7-23(21)28-3;1-11-7-9-12(10-8-11)17-15(16)13-5-3-4-6-14(13)18-2/h4-16H,1-3H3;3-10H,1-2H3,(H2,16,17). The van der Waals surface area contributed by atoms with Crippen molar-refractivity contribution in [3.05, 3.63) is 144 Å². The van der Waals surface area contributed by atoms with Gasteiger partial charge in [0.15, 0.2) is 0 Å². The minimum absolute atomic E-state index is 0.455. The highest BCUT2D eigenvalue weighted by atomic mass is 16.5. The number of ether oxygens (including phenoxy) is 3. The lowest BCUT2D eigenvalue weighted by Crippen LogP contribution is -2.13. The zero-order chi connectivity index (χ0) is 32.5. The Kier molecular flexibility index (Phi) is 10.1. The normalized spacial score (nSPS) is 10.9. The summed E-state index contributed by atoms with van der Waals surface area (Å²) >= 11 is 0. The van der Waals surface area contributed by atoms with Crippen molar-refractivity contribution in [1.29, 1.82) is 0 Å². The summed E-state index contributed by atoms with van der Waals surface area (Å²) in [6.45, 7) is 4.12. The van der Waals surface area contributed by atoms with Crippen LogP contribution in [0.15, 0.2) is 133 Å². The molecule has 0 saturated carbocycles. The Balaban J connectivity index is 0.000000200. The molecule has 0 aliphatic heterocycles. The van der Waals surface area contributed by atoms with E-state index in [0.29, 0.717) is 5.84 Å². The molecule has 5 aromatic carbocycles. The van der Waals surface area contributed by atoms with Gasteiger partial charge in [-0.05, 0) is 86.6 Å². The fraction of sp³-hybridized carbons (Fsp3) is 0.128. The Morgan fingerprint density at radius 2 is 1.24 bits per heavy atom. The molecule has 0 saturated heterocycles. The van der Waals surface area contributed by atoms with Crippen molar-refractivity contribution in [2.45, 2.75) is 13.8 Å². The number of benzene rings is 5. The van der Waals surface area contributed by atoms with Crippen molar-refractivity contribution in [3.63, 3.8) is 0 Å². The molecule has 0 fully saturated rings. The summed E-state index contributed by atoms with van der Waals surface area (Å²) in [5.74, 6) is 3.64. The Hall–Kier alpha value is -5.82. The van der Waals surface area contributed by atoms with E-state index in [1.54, 1.807) is 21.3 Å². The lowest BCUT2D eigenvalue weighted by molar-refractivity contribution is 0.414. The van der Waals surface area contributed by atoms with E-state index in [9.17, 15) is 0 Å². The third-order valence-corrected chi connectivity index (χ3v) is 7.42. The molecule has 0 aliphatic carbocycles. The van der Waals surface area contributed by atoms with Crippen LogP contribution in [0.25, 0.3) is 28.3 Å². The molecule has 1 aromatic heterocycles. The summed E-state index contributed by atoms with van der Waals surface area (Å²) in [6.07, 6.45) is 2.06. The van der Waals surface area contributed by atoms with Crippen LogP contribution in [-0.2, 0) is 0 Å². The molecule has 7 nitrogen and oxygen atoms in total. The highest BCUT2D eigenvalue weighted by Gasteiger charge is 2.16. The molecule has 6 aromatic rings.